The van der Waals surface area contributed by atoms with E-state index in [9.17, 15) is 9.59 Å². The molecule has 2 amide bonds. The number of nitrogens with one attached hydrogen (secondary N) is 2. The molecular formula is C15H18N4O2. The van der Waals surface area contributed by atoms with Crippen molar-refractivity contribution in [3.05, 3.63) is 48.3 Å². The first kappa shape index (κ1) is 14.8. The molecule has 0 spiro atoms. The number of hydrogen-bond donors (Lipinski definition) is 2. The highest BCUT2D eigenvalue weighted by Gasteiger charge is 2.05. The summed E-state index contributed by atoms with van der Waals surface area (Å²) in [4.78, 5) is 22.4. The minimum Gasteiger partial charge on any atom is -0.356 e. The molecular weight excluding hydrogens is 268 g/mol. The van der Waals surface area contributed by atoms with E-state index in [4.69, 9.17) is 0 Å². The average Bonchev–Trinajstić information content (AvgIpc) is 2.86. The molecule has 0 atom stereocenters. The fourth-order valence-electron chi connectivity index (χ4n) is 1.86. The maximum absolute atomic E-state index is 11.7. The highest BCUT2D eigenvalue weighted by atomic mass is 16.2. The molecule has 0 aliphatic heterocycles. The lowest BCUT2D eigenvalue weighted by molar-refractivity contribution is -0.119. The molecule has 6 nitrogen and oxygen atoms in total. The van der Waals surface area contributed by atoms with E-state index in [2.05, 4.69) is 15.7 Å². The molecule has 0 radical (unpaired) electrons. The van der Waals surface area contributed by atoms with Crippen LogP contribution in [0.3, 0.4) is 0 Å². The van der Waals surface area contributed by atoms with Crippen molar-refractivity contribution in [2.75, 3.05) is 11.9 Å². The van der Waals surface area contributed by atoms with Crippen molar-refractivity contribution in [2.45, 2.75) is 19.9 Å². The van der Waals surface area contributed by atoms with Gasteiger partial charge in [-0.25, -0.2) is 0 Å². The summed E-state index contributed by atoms with van der Waals surface area (Å²) in [5.41, 5.74) is 1.79. The molecule has 6 heteroatoms. The average molecular weight is 286 g/mol. The molecule has 0 fully saturated rings. The van der Waals surface area contributed by atoms with Crippen LogP contribution >= 0.6 is 0 Å². The summed E-state index contributed by atoms with van der Waals surface area (Å²) in [6.07, 6.45) is 3.63. The quantitative estimate of drug-likeness (QED) is 0.842. The second-order valence-electron chi connectivity index (χ2n) is 4.69. The SMILES string of the molecule is CC(=O)NCCC(=O)Nc1cnn(Cc2ccccc2)c1. The van der Waals surface area contributed by atoms with Crippen LogP contribution in [0.4, 0.5) is 5.69 Å². The van der Waals surface area contributed by atoms with E-state index in [0.717, 1.165) is 5.56 Å². The number of hydrogen-bond acceptors (Lipinski definition) is 3. The van der Waals surface area contributed by atoms with Crippen LogP contribution in [0.1, 0.15) is 18.9 Å². The number of nitrogens with zero attached hydrogens (tertiary/aromatic N) is 2. The van der Waals surface area contributed by atoms with E-state index in [-0.39, 0.29) is 18.2 Å². The fraction of sp³-hybridized carbons (Fsp3) is 0.267. The van der Waals surface area contributed by atoms with Crippen molar-refractivity contribution in [3.63, 3.8) is 0 Å². The van der Waals surface area contributed by atoms with Crippen molar-refractivity contribution in [1.29, 1.82) is 0 Å². The van der Waals surface area contributed by atoms with Gasteiger partial charge in [-0.1, -0.05) is 30.3 Å². The molecule has 2 aromatic rings. The van der Waals surface area contributed by atoms with Crippen LogP contribution in [0.25, 0.3) is 0 Å². The summed E-state index contributed by atoms with van der Waals surface area (Å²) >= 11 is 0. The summed E-state index contributed by atoms with van der Waals surface area (Å²) in [5.74, 6) is -0.290. The van der Waals surface area contributed by atoms with Crippen molar-refractivity contribution in [1.82, 2.24) is 15.1 Å². The zero-order valence-corrected chi connectivity index (χ0v) is 11.9. The van der Waals surface area contributed by atoms with Crippen LogP contribution in [0.5, 0.6) is 0 Å². The van der Waals surface area contributed by atoms with Gasteiger partial charge in [0.25, 0.3) is 0 Å². The van der Waals surface area contributed by atoms with Gasteiger partial charge in [0.05, 0.1) is 18.4 Å². The predicted molar refractivity (Wildman–Crippen MR) is 79.7 cm³/mol. The number of aromatic nitrogens is 2. The van der Waals surface area contributed by atoms with E-state index in [1.807, 2.05) is 30.3 Å². The maximum Gasteiger partial charge on any atom is 0.226 e. The summed E-state index contributed by atoms with van der Waals surface area (Å²) in [6, 6.07) is 9.96. The van der Waals surface area contributed by atoms with Gasteiger partial charge in [0.2, 0.25) is 11.8 Å². The second kappa shape index (κ2) is 7.23. The molecule has 0 saturated heterocycles. The molecule has 0 saturated carbocycles. The van der Waals surface area contributed by atoms with Crippen molar-refractivity contribution < 1.29 is 9.59 Å². The van der Waals surface area contributed by atoms with E-state index in [1.165, 1.54) is 6.92 Å². The normalized spacial score (nSPS) is 10.1. The predicted octanol–water partition coefficient (Wildman–Crippen LogP) is 1.40. The molecule has 0 bridgehead atoms. The van der Waals surface area contributed by atoms with E-state index >= 15 is 0 Å². The first-order chi connectivity index (χ1) is 10.1. The number of carbonyl (C=O) groups excluding carboxylic acids is 2. The van der Waals surface area contributed by atoms with Gasteiger partial charge in [0, 0.05) is 26.1 Å². The molecule has 110 valence electrons. The van der Waals surface area contributed by atoms with Gasteiger partial charge in [0.1, 0.15) is 0 Å². The number of carbonyl (C=O) groups is 2. The Hall–Kier alpha value is -2.63. The zero-order chi connectivity index (χ0) is 15.1. The maximum atomic E-state index is 11.7. The molecule has 2 rings (SSSR count). The monoisotopic (exact) mass is 286 g/mol. The molecule has 1 aromatic heterocycles. The molecule has 1 aromatic carbocycles. The largest absolute Gasteiger partial charge is 0.356 e. The summed E-state index contributed by atoms with van der Waals surface area (Å²) in [7, 11) is 0. The number of amides is 2. The molecule has 2 N–H and O–H groups in total. The highest BCUT2D eigenvalue weighted by molar-refractivity contribution is 5.90. The van der Waals surface area contributed by atoms with Crippen LogP contribution in [0, 0.1) is 0 Å². The Bertz CT molecular complexity index is 607. The topological polar surface area (TPSA) is 76.0 Å². The lowest BCUT2D eigenvalue weighted by Crippen LogP contribution is -2.25. The fourth-order valence-corrected chi connectivity index (χ4v) is 1.86. The summed E-state index contributed by atoms with van der Waals surface area (Å²) in [5, 5.41) is 9.53. The molecule has 0 aliphatic rings. The summed E-state index contributed by atoms with van der Waals surface area (Å²) < 4.78 is 1.76. The Morgan fingerprint density at radius 3 is 2.71 bits per heavy atom. The van der Waals surface area contributed by atoms with Gasteiger partial charge >= 0.3 is 0 Å². The van der Waals surface area contributed by atoms with Crippen LogP contribution in [0.2, 0.25) is 0 Å². The third-order valence-corrected chi connectivity index (χ3v) is 2.83. The van der Waals surface area contributed by atoms with Crippen molar-refractivity contribution in [3.8, 4) is 0 Å². The highest BCUT2D eigenvalue weighted by Crippen LogP contribution is 2.08. The lowest BCUT2D eigenvalue weighted by atomic mass is 10.2. The van der Waals surface area contributed by atoms with Gasteiger partial charge in [-0.05, 0) is 5.56 Å². The van der Waals surface area contributed by atoms with E-state index in [0.29, 0.717) is 18.8 Å². The molecule has 0 aliphatic carbocycles. The van der Waals surface area contributed by atoms with E-state index < -0.39 is 0 Å². The molecule has 21 heavy (non-hydrogen) atoms. The van der Waals surface area contributed by atoms with Gasteiger partial charge < -0.3 is 10.6 Å². The van der Waals surface area contributed by atoms with Crippen LogP contribution < -0.4 is 10.6 Å². The Morgan fingerprint density at radius 2 is 2.00 bits per heavy atom. The van der Waals surface area contributed by atoms with Crippen molar-refractivity contribution in [2.24, 2.45) is 0 Å². The lowest BCUT2D eigenvalue weighted by Gasteiger charge is -2.03. The summed E-state index contributed by atoms with van der Waals surface area (Å²) in [6.45, 7) is 2.41. The molecule has 0 unspecified atom stereocenters. The van der Waals surface area contributed by atoms with E-state index in [1.54, 1.807) is 17.1 Å². The Labute approximate surface area is 123 Å². The Balaban J connectivity index is 1.82. The van der Waals surface area contributed by atoms with Gasteiger partial charge in [-0.3, -0.25) is 14.3 Å². The minimum atomic E-state index is -0.150. The first-order valence-corrected chi connectivity index (χ1v) is 6.74. The Kier molecular flexibility index (Phi) is 5.09. The zero-order valence-electron chi connectivity index (χ0n) is 11.9. The van der Waals surface area contributed by atoms with Gasteiger partial charge in [-0.15, -0.1) is 0 Å². The Morgan fingerprint density at radius 1 is 1.24 bits per heavy atom. The number of rotatable bonds is 6. The van der Waals surface area contributed by atoms with Gasteiger partial charge in [0.15, 0.2) is 0 Å². The van der Waals surface area contributed by atoms with Crippen LogP contribution in [-0.2, 0) is 16.1 Å². The first-order valence-electron chi connectivity index (χ1n) is 6.74. The van der Waals surface area contributed by atoms with Crippen molar-refractivity contribution >= 4 is 17.5 Å². The third kappa shape index (κ3) is 5.10. The van der Waals surface area contributed by atoms with Crippen LogP contribution in [-0.4, -0.2) is 28.1 Å². The van der Waals surface area contributed by atoms with Crippen LogP contribution in [0.15, 0.2) is 42.7 Å². The van der Waals surface area contributed by atoms with Gasteiger partial charge in [-0.2, -0.15) is 5.10 Å². The second-order valence-corrected chi connectivity index (χ2v) is 4.69. The minimum absolute atomic E-state index is 0.140. The standard InChI is InChI=1S/C15H18N4O2/c1-12(20)16-8-7-15(21)18-14-9-17-19(11-14)10-13-5-3-2-4-6-13/h2-6,9,11H,7-8,10H2,1H3,(H,16,20)(H,18,21). The number of benzene rings is 1. The smallest absolute Gasteiger partial charge is 0.226 e. The number of anilines is 1. The third-order valence-electron chi connectivity index (χ3n) is 2.83. The molecule has 1 heterocycles.